The van der Waals surface area contributed by atoms with Gasteiger partial charge in [-0.25, -0.2) is 13.4 Å². The molecule has 2 heterocycles. The highest BCUT2D eigenvalue weighted by Crippen LogP contribution is 2.25. The maximum Gasteiger partial charge on any atom is 0.273 e. The van der Waals surface area contributed by atoms with E-state index in [0.717, 1.165) is 30.1 Å². The van der Waals surface area contributed by atoms with Crippen LogP contribution in [0.5, 0.6) is 0 Å². The Balaban J connectivity index is 2.06. The third-order valence-corrected chi connectivity index (χ3v) is 6.52. The molecule has 20 heavy (non-hydrogen) atoms. The molecule has 0 amide bonds. The molecule has 0 aliphatic carbocycles. The van der Waals surface area contributed by atoms with Crippen molar-refractivity contribution in [2.75, 3.05) is 17.8 Å². The maximum absolute atomic E-state index is 12.2. The molecular formula is C12H17N3O2S3. The van der Waals surface area contributed by atoms with Gasteiger partial charge in [0.1, 0.15) is 4.21 Å². The van der Waals surface area contributed by atoms with E-state index in [-0.39, 0.29) is 0 Å². The smallest absolute Gasteiger partial charge is 0.273 e. The minimum atomic E-state index is -3.51. The second-order valence-electron chi connectivity index (χ2n) is 4.22. The minimum absolute atomic E-state index is 0.330. The number of rotatable bonds is 7. The van der Waals surface area contributed by atoms with Crippen LogP contribution >= 0.6 is 22.7 Å². The highest BCUT2D eigenvalue weighted by atomic mass is 32.2. The molecule has 110 valence electrons. The molecular weight excluding hydrogens is 314 g/mol. The predicted molar refractivity (Wildman–Crippen MR) is 84.2 cm³/mol. The van der Waals surface area contributed by atoms with Gasteiger partial charge in [-0.05, 0) is 38.6 Å². The molecule has 0 saturated carbocycles. The summed E-state index contributed by atoms with van der Waals surface area (Å²) in [5.74, 6) is 0. The monoisotopic (exact) mass is 331 g/mol. The van der Waals surface area contributed by atoms with Gasteiger partial charge in [-0.15, -0.1) is 22.7 Å². The molecule has 0 atom stereocenters. The molecule has 0 radical (unpaired) electrons. The van der Waals surface area contributed by atoms with Crippen molar-refractivity contribution in [1.82, 2.24) is 10.3 Å². The first kappa shape index (κ1) is 15.4. The van der Waals surface area contributed by atoms with Crippen molar-refractivity contribution in [3.8, 4) is 0 Å². The molecule has 8 heteroatoms. The van der Waals surface area contributed by atoms with E-state index in [1.54, 1.807) is 6.07 Å². The van der Waals surface area contributed by atoms with Gasteiger partial charge in [-0.1, -0.05) is 6.92 Å². The Morgan fingerprint density at radius 2 is 2.15 bits per heavy atom. The Labute approximate surface area is 127 Å². The summed E-state index contributed by atoms with van der Waals surface area (Å²) in [6, 6.07) is 3.51. The molecule has 2 aromatic heterocycles. The Kier molecular flexibility index (Phi) is 5.14. The second-order valence-corrected chi connectivity index (χ2v) is 8.16. The quantitative estimate of drug-likeness (QED) is 0.765. The molecule has 0 spiro atoms. The first-order valence-corrected chi connectivity index (χ1v) is 9.43. The molecule has 0 saturated heterocycles. The Bertz CT molecular complexity index is 661. The predicted octanol–water partition coefficient (Wildman–Crippen LogP) is 2.47. The fourth-order valence-corrected chi connectivity index (χ4v) is 4.89. The van der Waals surface area contributed by atoms with E-state index in [2.05, 4.69) is 15.0 Å². The first-order chi connectivity index (χ1) is 9.51. The summed E-state index contributed by atoms with van der Waals surface area (Å²) < 4.78 is 27.2. The summed E-state index contributed by atoms with van der Waals surface area (Å²) >= 11 is 2.59. The van der Waals surface area contributed by atoms with Crippen LogP contribution in [-0.2, 0) is 16.4 Å². The zero-order chi connectivity index (χ0) is 14.6. The average molecular weight is 331 g/mol. The Morgan fingerprint density at radius 1 is 1.35 bits per heavy atom. The normalized spacial score (nSPS) is 11.7. The number of sulfonamides is 1. The fourth-order valence-electron chi connectivity index (χ4n) is 1.59. The third-order valence-electron chi connectivity index (χ3n) is 2.54. The van der Waals surface area contributed by atoms with Crippen LogP contribution in [0.25, 0.3) is 0 Å². The molecule has 2 N–H and O–H groups in total. The van der Waals surface area contributed by atoms with Gasteiger partial charge in [0.05, 0.1) is 5.69 Å². The molecule has 0 bridgehead atoms. The summed E-state index contributed by atoms with van der Waals surface area (Å²) in [5.41, 5.74) is 0.810. The fraction of sp³-hybridized carbons (Fsp3) is 0.417. The molecule has 0 aliphatic rings. The van der Waals surface area contributed by atoms with Crippen molar-refractivity contribution in [3.63, 3.8) is 0 Å². The highest BCUT2D eigenvalue weighted by Gasteiger charge is 2.18. The Hall–Kier alpha value is -0.960. The average Bonchev–Trinajstić information content (AvgIpc) is 2.99. The Morgan fingerprint density at radius 3 is 2.80 bits per heavy atom. The lowest BCUT2D eigenvalue weighted by Gasteiger charge is -2.02. The number of hydrogen-bond acceptors (Lipinski definition) is 6. The zero-order valence-electron chi connectivity index (χ0n) is 11.3. The number of aromatic nitrogens is 1. The SMILES string of the molecule is CCNCCc1ccc(S(=O)(=O)Nc2nc(C)cs2)s1. The summed E-state index contributed by atoms with van der Waals surface area (Å²) in [5, 5.41) is 5.44. The molecule has 0 aromatic carbocycles. The van der Waals surface area contributed by atoms with E-state index in [9.17, 15) is 8.42 Å². The number of nitrogens with zero attached hydrogens (tertiary/aromatic N) is 1. The van der Waals surface area contributed by atoms with Crippen LogP contribution in [0.3, 0.4) is 0 Å². The van der Waals surface area contributed by atoms with Crippen LogP contribution in [-0.4, -0.2) is 26.5 Å². The first-order valence-electron chi connectivity index (χ1n) is 6.25. The number of hydrogen-bond donors (Lipinski definition) is 2. The van der Waals surface area contributed by atoms with E-state index in [1.807, 2.05) is 25.3 Å². The topological polar surface area (TPSA) is 71.1 Å². The molecule has 0 fully saturated rings. The number of nitrogens with one attached hydrogen (secondary N) is 2. The standard InChI is InChI=1S/C12H17N3O2S3/c1-3-13-7-6-10-4-5-11(19-10)20(16,17)15-12-14-9(2)8-18-12/h4-5,8,13H,3,6-7H2,1-2H3,(H,14,15). The summed E-state index contributed by atoms with van der Waals surface area (Å²) in [6.07, 6.45) is 0.838. The van der Waals surface area contributed by atoms with Crippen LogP contribution in [0, 0.1) is 6.92 Å². The van der Waals surface area contributed by atoms with Crippen molar-refractivity contribution in [2.45, 2.75) is 24.5 Å². The minimum Gasteiger partial charge on any atom is -0.317 e. The zero-order valence-corrected chi connectivity index (χ0v) is 13.8. The van der Waals surface area contributed by atoms with E-state index < -0.39 is 10.0 Å². The van der Waals surface area contributed by atoms with E-state index >= 15 is 0 Å². The second kappa shape index (κ2) is 6.66. The molecule has 2 rings (SSSR count). The van der Waals surface area contributed by atoms with Crippen LogP contribution in [0.15, 0.2) is 21.7 Å². The third kappa shape index (κ3) is 4.02. The van der Waals surface area contributed by atoms with E-state index in [4.69, 9.17) is 0 Å². The highest BCUT2D eigenvalue weighted by molar-refractivity contribution is 7.94. The maximum atomic E-state index is 12.2. The van der Waals surface area contributed by atoms with Crippen LogP contribution < -0.4 is 10.0 Å². The molecule has 0 unspecified atom stereocenters. The van der Waals surface area contributed by atoms with E-state index in [1.165, 1.54) is 22.7 Å². The number of aryl methyl sites for hydroxylation is 1. The number of thiazole rings is 1. The van der Waals surface area contributed by atoms with Crippen LogP contribution in [0.4, 0.5) is 5.13 Å². The largest absolute Gasteiger partial charge is 0.317 e. The lowest BCUT2D eigenvalue weighted by Crippen LogP contribution is -2.15. The van der Waals surface area contributed by atoms with Gasteiger partial charge in [-0.3, -0.25) is 4.72 Å². The molecule has 0 aliphatic heterocycles. The number of anilines is 1. The molecule has 2 aromatic rings. The van der Waals surface area contributed by atoms with Gasteiger partial charge in [0.2, 0.25) is 0 Å². The van der Waals surface area contributed by atoms with Gasteiger partial charge >= 0.3 is 0 Å². The van der Waals surface area contributed by atoms with Crippen molar-refractivity contribution in [1.29, 1.82) is 0 Å². The summed E-state index contributed by atoms with van der Waals surface area (Å²) in [4.78, 5) is 5.17. The van der Waals surface area contributed by atoms with E-state index in [0.29, 0.717) is 9.34 Å². The molecule has 5 nitrogen and oxygen atoms in total. The van der Waals surface area contributed by atoms with Crippen molar-refractivity contribution < 1.29 is 8.42 Å². The lowest BCUT2D eigenvalue weighted by molar-refractivity contribution is 0.603. The van der Waals surface area contributed by atoms with Gasteiger partial charge in [0, 0.05) is 10.3 Å². The van der Waals surface area contributed by atoms with Crippen molar-refractivity contribution >= 4 is 37.8 Å². The van der Waals surface area contributed by atoms with Gasteiger partial charge in [0.25, 0.3) is 10.0 Å². The number of likely N-dealkylation sites (N-methyl/N-ethyl adjacent to an activating group) is 1. The lowest BCUT2D eigenvalue weighted by atomic mass is 10.3. The van der Waals surface area contributed by atoms with Gasteiger partial charge in [-0.2, -0.15) is 0 Å². The van der Waals surface area contributed by atoms with Crippen molar-refractivity contribution in [2.24, 2.45) is 0 Å². The van der Waals surface area contributed by atoms with Crippen molar-refractivity contribution in [3.05, 3.63) is 28.1 Å². The van der Waals surface area contributed by atoms with Crippen LogP contribution in [0.1, 0.15) is 17.5 Å². The van der Waals surface area contributed by atoms with Crippen LogP contribution in [0.2, 0.25) is 0 Å². The van der Waals surface area contributed by atoms with Gasteiger partial charge in [0.15, 0.2) is 5.13 Å². The van der Waals surface area contributed by atoms with Gasteiger partial charge < -0.3 is 5.32 Å². The number of thiophene rings is 1. The summed E-state index contributed by atoms with van der Waals surface area (Å²) in [6.45, 7) is 5.65. The summed E-state index contributed by atoms with van der Waals surface area (Å²) in [7, 11) is -3.51.